The van der Waals surface area contributed by atoms with Gasteiger partial charge in [-0.15, -0.1) is 0 Å². The Balaban J connectivity index is 0. The molecule has 0 fully saturated rings. The summed E-state index contributed by atoms with van der Waals surface area (Å²) in [4.78, 5) is 12.6. The largest absolute Gasteiger partial charge is 0.529 e. The van der Waals surface area contributed by atoms with E-state index in [0.29, 0.717) is 31.5 Å². The van der Waals surface area contributed by atoms with Crippen LogP contribution in [0.25, 0.3) is 0 Å². The van der Waals surface area contributed by atoms with Crippen LogP contribution in [0, 0.1) is 0 Å². The highest BCUT2D eigenvalue weighted by Gasteiger charge is 2.25. The topological polar surface area (TPSA) is 102 Å². The highest BCUT2D eigenvalue weighted by molar-refractivity contribution is 8.76. The summed E-state index contributed by atoms with van der Waals surface area (Å²) in [5, 5.41) is 0.661. The summed E-state index contributed by atoms with van der Waals surface area (Å²) >= 11 is 13.9. The van der Waals surface area contributed by atoms with Crippen LogP contribution in [-0.2, 0) is 64.6 Å². The van der Waals surface area contributed by atoms with E-state index in [0.717, 1.165) is 0 Å². The van der Waals surface area contributed by atoms with Crippen molar-refractivity contribution in [1.82, 2.24) is 4.90 Å². The molecule has 0 bridgehead atoms. The molecule has 0 rings (SSSR count). The molecule has 0 saturated heterocycles. The lowest BCUT2D eigenvalue weighted by Gasteiger charge is -2.23. The van der Waals surface area contributed by atoms with E-state index >= 15 is 0 Å². The van der Waals surface area contributed by atoms with Crippen molar-refractivity contribution in [3.05, 3.63) is 11.8 Å². The van der Waals surface area contributed by atoms with E-state index < -0.39 is 19.2 Å². The Hall–Kier alpha value is 1.00. The van der Waals surface area contributed by atoms with Gasteiger partial charge in [0.1, 0.15) is 5.76 Å². The first-order valence-corrected chi connectivity index (χ1v) is 20.1. The molecule has 10 nitrogen and oxygen atoms in total. The van der Waals surface area contributed by atoms with Crippen LogP contribution in [0.1, 0.15) is 34.6 Å². The number of nitrogens with zero attached hydrogens (tertiary/aromatic N) is 1. The Morgan fingerprint density at radius 1 is 0.853 bits per heavy atom. The second-order valence-electron chi connectivity index (χ2n) is 5.83. The Morgan fingerprint density at radius 3 is 1.47 bits per heavy atom. The van der Waals surface area contributed by atoms with Crippen LogP contribution in [-0.4, -0.2) is 70.6 Å². The molecule has 204 valence electrons. The van der Waals surface area contributed by atoms with Crippen LogP contribution in [0.15, 0.2) is 11.8 Å². The number of amides is 1. The Morgan fingerprint density at radius 2 is 1.21 bits per heavy atom. The summed E-state index contributed by atoms with van der Waals surface area (Å²) in [7, 11) is 2.03. The van der Waals surface area contributed by atoms with Crippen molar-refractivity contribution in [2.24, 2.45) is 0 Å². The second kappa shape index (κ2) is 20.0. The Labute approximate surface area is 222 Å². The van der Waals surface area contributed by atoms with Gasteiger partial charge in [-0.1, -0.05) is 22.8 Å². The fourth-order valence-electron chi connectivity index (χ4n) is 1.66. The van der Waals surface area contributed by atoms with Crippen molar-refractivity contribution in [2.45, 2.75) is 34.6 Å². The van der Waals surface area contributed by atoms with Crippen LogP contribution >= 0.6 is 42.0 Å². The summed E-state index contributed by atoms with van der Waals surface area (Å²) in [5.41, 5.74) is -4.51. The normalized spacial score (nSPS) is 12.7. The molecule has 0 aromatic heterocycles. The predicted molar refractivity (Wildman–Crippen MR) is 150 cm³/mol. The van der Waals surface area contributed by atoms with Crippen molar-refractivity contribution >= 4 is 71.5 Å². The predicted octanol–water partition coefficient (Wildman–Crippen LogP) is 6.40. The van der Waals surface area contributed by atoms with Gasteiger partial charge in [0.15, 0.2) is 0 Å². The van der Waals surface area contributed by atoms with Gasteiger partial charge in [-0.25, -0.2) is 4.57 Å². The number of phosphoric acid groups is 1. The van der Waals surface area contributed by atoms with Gasteiger partial charge in [0, 0.05) is 34.4 Å². The Bertz CT molecular complexity index is 698. The molecule has 0 spiro atoms. The number of hydrogen-bond donors (Lipinski definition) is 0. The smallest absolute Gasteiger partial charge is 0.409 e. The van der Waals surface area contributed by atoms with Crippen LogP contribution in [0.4, 0.5) is 0 Å². The van der Waals surface area contributed by atoms with E-state index in [2.05, 4.69) is 9.05 Å². The van der Waals surface area contributed by atoms with Crippen LogP contribution in [0.5, 0.6) is 0 Å². The number of allylic oxidation sites excluding steroid dienone is 1. The zero-order valence-electron chi connectivity index (χ0n) is 21.2. The first-order valence-electron chi connectivity index (χ1n) is 10.2. The zero-order chi connectivity index (χ0) is 26.8. The monoisotopic (exact) mass is 621 g/mol. The highest BCUT2D eigenvalue weighted by atomic mass is 32.9. The fourth-order valence-corrected chi connectivity index (χ4v) is 15.1. The maximum atomic E-state index is 11.5. The molecule has 0 unspecified atom stereocenters. The maximum Gasteiger partial charge on any atom is 0.529 e. The third-order valence-corrected chi connectivity index (χ3v) is 16.4. The Kier molecular flexibility index (Phi) is 21.9. The first kappa shape index (κ1) is 37.2. The van der Waals surface area contributed by atoms with Crippen LogP contribution in [0.2, 0.25) is 0 Å². The van der Waals surface area contributed by atoms with Crippen molar-refractivity contribution in [1.29, 1.82) is 0 Å². The molecule has 1 amide bonds. The van der Waals surface area contributed by atoms with E-state index in [-0.39, 0.29) is 11.7 Å². The molecule has 0 saturated carbocycles. The van der Waals surface area contributed by atoms with Gasteiger partial charge in [-0.05, 0) is 58.2 Å². The third kappa shape index (κ3) is 17.5. The number of hydrogen-bond acceptors (Lipinski definition) is 13. The number of rotatable bonds is 17. The van der Waals surface area contributed by atoms with Crippen molar-refractivity contribution in [3.63, 3.8) is 0 Å². The molecule has 0 atom stereocenters. The van der Waals surface area contributed by atoms with Gasteiger partial charge in [-0.2, -0.15) is 0 Å². The minimum absolute atomic E-state index is 0.167. The molecule has 0 aliphatic rings. The van der Waals surface area contributed by atoms with Gasteiger partial charge in [0.05, 0.1) is 31.5 Å². The van der Waals surface area contributed by atoms with E-state index in [9.17, 15) is 9.36 Å². The van der Waals surface area contributed by atoms with E-state index in [4.69, 9.17) is 46.2 Å². The molecular formula is C17H38NO9P3S4. The van der Waals surface area contributed by atoms with E-state index in [1.165, 1.54) is 54.9 Å². The summed E-state index contributed by atoms with van der Waals surface area (Å²) in [5.74, 6) is -0.105. The molecule has 0 N–H and O–H groups in total. The molecule has 0 radical (unpaired) electrons. The molecule has 34 heavy (non-hydrogen) atoms. The van der Waals surface area contributed by atoms with Gasteiger partial charge in [0.25, 0.3) is 0 Å². The summed E-state index contributed by atoms with van der Waals surface area (Å²) < 4.78 is 47.7. The molecule has 0 aromatic carbocycles. The maximum absolute atomic E-state index is 11.5. The summed E-state index contributed by atoms with van der Waals surface area (Å²) in [6.07, 6.45) is 1.20. The average Bonchev–Trinajstić information content (AvgIpc) is 2.74. The van der Waals surface area contributed by atoms with Gasteiger partial charge < -0.3 is 27.5 Å². The molecular weight excluding hydrogens is 583 g/mol. The van der Waals surface area contributed by atoms with Crippen molar-refractivity contribution in [2.75, 3.05) is 59.8 Å². The number of carbonyl (C=O) groups is 1. The lowest BCUT2D eigenvalue weighted by molar-refractivity contribution is -0.123. The van der Waals surface area contributed by atoms with Crippen LogP contribution in [0.3, 0.4) is 0 Å². The van der Waals surface area contributed by atoms with Gasteiger partial charge in [-0.3, -0.25) is 13.8 Å². The van der Waals surface area contributed by atoms with Gasteiger partial charge in [0.2, 0.25) is 17.3 Å². The first-order chi connectivity index (χ1) is 15.8. The molecule has 0 aliphatic heterocycles. The molecule has 0 aliphatic carbocycles. The van der Waals surface area contributed by atoms with E-state index in [1.54, 1.807) is 14.1 Å². The minimum atomic E-state index is -3.56. The summed E-state index contributed by atoms with van der Waals surface area (Å²) in [6, 6.07) is 0. The molecule has 0 heterocycles. The number of likely N-dealkylation sites (N-methyl/N-ethyl adjacent to an activating group) is 1. The SMILES string of the molecule is CCOP(=S)(OCC)SCSP(=S)(OCC)OCC.COP(=O)(OC)O/C(C)=C/C(=O)N(C)C. The molecule has 0 aromatic rings. The van der Waals surface area contributed by atoms with Crippen molar-refractivity contribution < 1.29 is 41.0 Å². The average molecular weight is 622 g/mol. The zero-order valence-corrected chi connectivity index (χ0v) is 27.2. The highest BCUT2D eigenvalue weighted by Crippen LogP contribution is 2.67. The third-order valence-electron chi connectivity index (χ3n) is 3.04. The summed E-state index contributed by atoms with van der Waals surface area (Å²) in [6.45, 7) is 11.4. The quantitative estimate of drug-likeness (QED) is 0.0775. The lowest BCUT2D eigenvalue weighted by Crippen LogP contribution is -2.19. The number of carbonyl (C=O) groups excluding carboxylic acids is 1. The second-order valence-corrected chi connectivity index (χ2v) is 20.6. The standard InChI is InChI=1S/C9H22O4P2S4.C8H16NO5P/c1-5-10-14(16,11-6-2)18-9-19-15(17,12-7-3)13-8-4;1-7(6-8(10)9(2)3)14-15(11,12-4)13-5/h5-9H2,1-4H3;6H,1-5H3/b;7-6+. The number of phosphoric ester groups is 1. The minimum Gasteiger partial charge on any atom is -0.409 e. The van der Waals surface area contributed by atoms with Crippen molar-refractivity contribution in [3.8, 4) is 0 Å². The lowest BCUT2D eigenvalue weighted by atomic mass is 10.4. The fraction of sp³-hybridized carbons (Fsp3) is 0.824. The van der Waals surface area contributed by atoms with Gasteiger partial charge >= 0.3 is 7.82 Å². The van der Waals surface area contributed by atoms with E-state index in [1.807, 2.05) is 27.7 Å². The molecule has 17 heteroatoms. The van der Waals surface area contributed by atoms with Crippen LogP contribution < -0.4 is 0 Å².